The molecule has 0 radical (unpaired) electrons. The van der Waals surface area contributed by atoms with Gasteiger partial charge in [0.15, 0.2) is 0 Å². The Morgan fingerprint density at radius 3 is 2.11 bits per heavy atom. The molecule has 1 nitrogen and oxygen atoms in total. The lowest BCUT2D eigenvalue weighted by Crippen LogP contribution is -2.09. The van der Waals surface area contributed by atoms with Crippen LogP contribution in [0.1, 0.15) is 20.8 Å². The Bertz CT molecular complexity index is 131. The molecule has 0 saturated carbocycles. The largest absolute Gasteiger partial charge is 0.299 e. The minimum atomic E-state index is 0.0301. The van der Waals surface area contributed by atoms with Gasteiger partial charge in [-0.15, -0.1) is 11.8 Å². The van der Waals surface area contributed by atoms with Crippen molar-refractivity contribution in [1.29, 1.82) is 0 Å². The first-order valence-electron chi connectivity index (χ1n) is 2.71. The zero-order chi connectivity index (χ0) is 7.44. The second-order valence-electron chi connectivity index (χ2n) is 1.86. The molecule has 0 aliphatic carbocycles. The smallest absolute Gasteiger partial charge is 0.142 e. The molecular weight excluding hydrogens is 152 g/mol. The van der Waals surface area contributed by atoms with E-state index < -0.39 is 0 Å². The van der Waals surface area contributed by atoms with E-state index >= 15 is 0 Å². The minimum Gasteiger partial charge on any atom is -0.299 e. The van der Waals surface area contributed by atoms with Crippen LogP contribution in [0.4, 0.5) is 0 Å². The molecule has 0 aromatic heterocycles. The van der Waals surface area contributed by atoms with E-state index in [1.54, 1.807) is 6.92 Å². The summed E-state index contributed by atoms with van der Waals surface area (Å²) in [5, 5.41) is 0.0301. The second kappa shape index (κ2) is 4.01. The third kappa shape index (κ3) is 4.60. The molecule has 0 spiro atoms. The van der Waals surface area contributed by atoms with Gasteiger partial charge >= 0.3 is 0 Å². The summed E-state index contributed by atoms with van der Waals surface area (Å²) in [6.45, 7) is 5.28. The van der Waals surface area contributed by atoms with Gasteiger partial charge in [-0.25, -0.2) is 0 Å². The van der Waals surface area contributed by atoms with Crippen molar-refractivity contribution < 1.29 is 4.79 Å². The molecule has 0 fully saturated rings. The fourth-order valence-electron chi connectivity index (χ4n) is 0.332. The molecule has 1 unspecified atom stereocenters. The fraction of sp³-hybridized carbons (Fsp3) is 0.667. The van der Waals surface area contributed by atoms with Crippen molar-refractivity contribution in [2.45, 2.75) is 26.0 Å². The lowest BCUT2D eigenvalue weighted by molar-refractivity contribution is -0.116. The van der Waals surface area contributed by atoms with Crippen molar-refractivity contribution in [2.75, 3.05) is 0 Å². The van der Waals surface area contributed by atoms with Crippen molar-refractivity contribution >= 4 is 34.0 Å². The van der Waals surface area contributed by atoms with Crippen molar-refractivity contribution in [3.05, 3.63) is 0 Å². The molecule has 0 heterocycles. The molecule has 0 amide bonds. The number of carbonyl (C=O) groups is 1. The predicted octanol–water partition coefficient (Wildman–Crippen LogP) is 2.04. The topological polar surface area (TPSA) is 17.1 Å². The summed E-state index contributed by atoms with van der Waals surface area (Å²) < 4.78 is 0.831. The maximum Gasteiger partial charge on any atom is 0.142 e. The number of thiocarbonyl (C=S) groups is 1. The van der Waals surface area contributed by atoms with Crippen LogP contribution >= 0.6 is 24.0 Å². The van der Waals surface area contributed by atoms with Gasteiger partial charge in [-0.1, -0.05) is 12.2 Å². The summed E-state index contributed by atoms with van der Waals surface area (Å²) >= 11 is 6.25. The number of hydrogen-bond donors (Lipinski definition) is 0. The van der Waals surface area contributed by atoms with Gasteiger partial charge in [-0.05, 0) is 20.8 Å². The van der Waals surface area contributed by atoms with Crippen molar-refractivity contribution in [3.8, 4) is 0 Å². The van der Waals surface area contributed by atoms with E-state index in [1.165, 1.54) is 11.8 Å². The van der Waals surface area contributed by atoms with Crippen molar-refractivity contribution in [3.63, 3.8) is 0 Å². The van der Waals surface area contributed by atoms with Crippen LogP contribution in [0.25, 0.3) is 0 Å². The summed E-state index contributed by atoms with van der Waals surface area (Å²) in [6, 6.07) is 0. The van der Waals surface area contributed by atoms with E-state index in [9.17, 15) is 4.79 Å². The molecule has 3 heteroatoms. The Kier molecular flexibility index (Phi) is 4.06. The van der Waals surface area contributed by atoms with E-state index in [4.69, 9.17) is 12.2 Å². The average molecular weight is 162 g/mol. The summed E-state index contributed by atoms with van der Waals surface area (Å²) in [7, 11) is 0. The van der Waals surface area contributed by atoms with Crippen molar-refractivity contribution in [1.82, 2.24) is 0 Å². The van der Waals surface area contributed by atoms with Crippen LogP contribution in [0.3, 0.4) is 0 Å². The number of hydrogen-bond acceptors (Lipinski definition) is 3. The highest BCUT2D eigenvalue weighted by molar-refractivity contribution is 8.23. The standard InChI is InChI=1S/C6H10OS2/c1-4(7)5(2)9-6(3)8/h5H,1-3H3. The first-order valence-corrected chi connectivity index (χ1v) is 4.00. The van der Waals surface area contributed by atoms with E-state index in [1.807, 2.05) is 13.8 Å². The normalized spacial score (nSPS) is 12.8. The van der Waals surface area contributed by atoms with E-state index in [2.05, 4.69) is 0 Å². The molecule has 0 aromatic carbocycles. The maximum atomic E-state index is 10.6. The number of ketones is 1. The highest BCUT2D eigenvalue weighted by Crippen LogP contribution is 2.12. The van der Waals surface area contributed by atoms with Crippen LogP contribution in [0, 0.1) is 0 Å². The molecule has 52 valence electrons. The first-order chi connectivity index (χ1) is 4.04. The van der Waals surface area contributed by atoms with Crippen LogP contribution in [0.2, 0.25) is 0 Å². The lowest BCUT2D eigenvalue weighted by Gasteiger charge is -2.02. The van der Waals surface area contributed by atoms with Gasteiger partial charge in [-0.3, -0.25) is 4.79 Å². The first kappa shape index (κ1) is 9.11. The average Bonchev–Trinajstić information content (AvgIpc) is 1.63. The van der Waals surface area contributed by atoms with Gasteiger partial charge < -0.3 is 0 Å². The number of Topliss-reactive ketones (excluding diaryl/α,β-unsaturated/α-hetero) is 1. The summed E-state index contributed by atoms with van der Waals surface area (Å²) in [6.07, 6.45) is 0. The van der Waals surface area contributed by atoms with Crippen LogP contribution < -0.4 is 0 Å². The third-order valence-electron chi connectivity index (χ3n) is 0.915. The van der Waals surface area contributed by atoms with Crippen LogP contribution in [-0.4, -0.2) is 15.2 Å². The maximum absolute atomic E-state index is 10.6. The number of rotatable bonds is 2. The summed E-state index contributed by atoms with van der Waals surface area (Å²) in [4.78, 5) is 10.6. The Morgan fingerprint density at radius 2 is 2.00 bits per heavy atom. The molecule has 0 rings (SSSR count). The van der Waals surface area contributed by atoms with E-state index in [0.29, 0.717) is 0 Å². The van der Waals surface area contributed by atoms with Gasteiger partial charge in [0.2, 0.25) is 0 Å². The van der Waals surface area contributed by atoms with Gasteiger partial charge in [0.05, 0.1) is 5.25 Å². The minimum absolute atomic E-state index is 0.0301. The fourth-order valence-corrected chi connectivity index (χ4v) is 1.43. The summed E-state index contributed by atoms with van der Waals surface area (Å²) in [5.74, 6) is 0.184. The Hall–Kier alpha value is 0.110. The van der Waals surface area contributed by atoms with E-state index in [-0.39, 0.29) is 11.0 Å². The second-order valence-corrected chi connectivity index (χ2v) is 4.29. The van der Waals surface area contributed by atoms with Gasteiger partial charge in [0.1, 0.15) is 5.78 Å². The molecule has 0 saturated heterocycles. The third-order valence-corrected chi connectivity index (χ3v) is 2.22. The quantitative estimate of drug-likeness (QED) is 0.578. The highest BCUT2D eigenvalue weighted by Gasteiger charge is 2.07. The molecule has 0 aromatic rings. The molecule has 0 aliphatic rings. The molecular formula is C6H10OS2. The molecule has 0 bridgehead atoms. The van der Waals surface area contributed by atoms with Crippen LogP contribution in [0.5, 0.6) is 0 Å². The lowest BCUT2D eigenvalue weighted by atomic mass is 10.3. The number of thioether (sulfide) groups is 1. The van der Waals surface area contributed by atoms with Gasteiger partial charge in [0.25, 0.3) is 0 Å². The molecule has 0 N–H and O–H groups in total. The Balaban J connectivity index is 3.63. The van der Waals surface area contributed by atoms with Crippen LogP contribution in [0.15, 0.2) is 0 Å². The zero-order valence-corrected chi connectivity index (χ0v) is 7.44. The number of carbonyl (C=O) groups excluding carboxylic acids is 1. The SMILES string of the molecule is CC(=O)C(C)SC(C)=S. The highest BCUT2D eigenvalue weighted by atomic mass is 32.2. The zero-order valence-electron chi connectivity index (χ0n) is 5.80. The van der Waals surface area contributed by atoms with E-state index in [0.717, 1.165) is 4.20 Å². The van der Waals surface area contributed by atoms with Crippen LogP contribution in [-0.2, 0) is 4.79 Å². The predicted molar refractivity (Wildman–Crippen MR) is 46.0 cm³/mol. The Labute approximate surface area is 65.2 Å². The molecule has 0 aliphatic heterocycles. The van der Waals surface area contributed by atoms with Crippen molar-refractivity contribution in [2.24, 2.45) is 0 Å². The van der Waals surface area contributed by atoms with Gasteiger partial charge in [-0.2, -0.15) is 0 Å². The Morgan fingerprint density at radius 1 is 1.56 bits per heavy atom. The monoisotopic (exact) mass is 162 g/mol. The molecule has 1 atom stereocenters. The molecule has 9 heavy (non-hydrogen) atoms. The summed E-state index contributed by atoms with van der Waals surface area (Å²) in [5.41, 5.74) is 0. The van der Waals surface area contributed by atoms with Gasteiger partial charge in [0, 0.05) is 4.20 Å².